The molecule has 1 aliphatic rings. The minimum absolute atomic E-state index is 0.0552. The van der Waals surface area contributed by atoms with E-state index in [9.17, 15) is 4.79 Å². The maximum absolute atomic E-state index is 12.3. The summed E-state index contributed by atoms with van der Waals surface area (Å²) in [4.78, 5) is 16.5. The van der Waals surface area contributed by atoms with Crippen molar-refractivity contribution in [3.63, 3.8) is 0 Å². The maximum atomic E-state index is 12.3. The number of amides is 2. The third-order valence-electron chi connectivity index (χ3n) is 4.80. The minimum atomic E-state index is 0.0552. The predicted octanol–water partition coefficient (Wildman–Crippen LogP) is 4.50. The number of hydrogen-bond donors (Lipinski definition) is 1. The van der Waals surface area contributed by atoms with E-state index in [1.54, 1.807) is 0 Å². The van der Waals surface area contributed by atoms with E-state index >= 15 is 0 Å². The first-order valence-electron chi connectivity index (χ1n) is 9.87. The van der Waals surface area contributed by atoms with Crippen molar-refractivity contribution in [1.82, 2.24) is 10.2 Å². The van der Waals surface area contributed by atoms with Crippen molar-refractivity contribution < 1.29 is 9.53 Å². The Morgan fingerprint density at radius 3 is 2.41 bits per heavy atom. The molecule has 0 saturated carbocycles. The number of ether oxygens (including phenoxy) is 1. The van der Waals surface area contributed by atoms with Crippen molar-refractivity contribution in [2.24, 2.45) is 0 Å². The van der Waals surface area contributed by atoms with Crippen LogP contribution in [0, 0.1) is 0 Å². The lowest BCUT2D eigenvalue weighted by molar-refractivity contribution is 0.194. The number of carbonyl (C=O) groups excluding carboxylic acids is 1. The quantitative estimate of drug-likeness (QED) is 0.733. The second-order valence-corrected chi connectivity index (χ2v) is 6.80. The third kappa shape index (κ3) is 5.39. The van der Waals surface area contributed by atoms with Crippen molar-refractivity contribution in [3.05, 3.63) is 54.6 Å². The molecule has 5 heteroatoms. The molecule has 1 fully saturated rings. The number of hydrogen-bond acceptors (Lipinski definition) is 3. The number of para-hydroxylation sites is 3. The summed E-state index contributed by atoms with van der Waals surface area (Å²) in [6.45, 7) is 5.98. The molecule has 0 radical (unpaired) electrons. The van der Waals surface area contributed by atoms with Crippen LogP contribution in [0.1, 0.15) is 26.2 Å². The van der Waals surface area contributed by atoms with E-state index in [0.717, 1.165) is 62.8 Å². The van der Waals surface area contributed by atoms with Gasteiger partial charge in [0.2, 0.25) is 0 Å². The van der Waals surface area contributed by atoms with E-state index in [4.69, 9.17) is 4.74 Å². The number of unbranched alkanes of at least 4 members (excludes halogenated alkanes) is 2. The van der Waals surface area contributed by atoms with Gasteiger partial charge in [-0.2, -0.15) is 0 Å². The zero-order valence-electron chi connectivity index (χ0n) is 16.1. The van der Waals surface area contributed by atoms with E-state index in [2.05, 4.69) is 23.2 Å². The largest absolute Gasteiger partial charge is 0.455 e. The second-order valence-electron chi connectivity index (χ2n) is 6.80. The molecule has 27 heavy (non-hydrogen) atoms. The highest BCUT2D eigenvalue weighted by Crippen LogP contribution is 2.32. The van der Waals surface area contributed by atoms with Crippen LogP contribution >= 0.6 is 0 Å². The molecular weight excluding hydrogens is 338 g/mol. The molecule has 1 saturated heterocycles. The summed E-state index contributed by atoms with van der Waals surface area (Å²) in [5.41, 5.74) is 1.07. The normalized spacial score (nSPS) is 14.1. The molecule has 2 aromatic carbocycles. The topological polar surface area (TPSA) is 44.8 Å². The first-order chi connectivity index (χ1) is 13.3. The molecule has 3 rings (SSSR count). The van der Waals surface area contributed by atoms with Crippen molar-refractivity contribution in [2.75, 3.05) is 37.6 Å². The van der Waals surface area contributed by atoms with Crippen LogP contribution in [0.2, 0.25) is 0 Å². The van der Waals surface area contributed by atoms with Crippen molar-refractivity contribution >= 4 is 11.7 Å². The molecule has 5 nitrogen and oxygen atoms in total. The Balaban J connectivity index is 1.56. The van der Waals surface area contributed by atoms with Crippen LogP contribution < -0.4 is 15.0 Å². The van der Waals surface area contributed by atoms with Gasteiger partial charge in [0.15, 0.2) is 5.75 Å². The molecule has 0 aromatic heterocycles. The number of nitrogens with one attached hydrogen (secondary N) is 1. The van der Waals surface area contributed by atoms with Crippen LogP contribution in [0.5, 0.6) is 11.5 Å². The van der Waals surface area contributed by atoms with E-state index in [0.29, 0.717) is 0 Å². The molecule has 2 aromatic rings. The summed E-state index contributed by atoms with van der Waals surface area (Å²) < 4.78 is 6.08. The number of carbonyl (C=O) groups is 1. The van der Waals surface area contributed by atoms with Crippen molar-refractivity contribution in [2.45, 2.75) is 26.2 Å². The fourth-order valence-corrected chi connectivity index (χ4v) is 3.25. The van der Waals surface area contributed by atoms with E-state index in [1.165, 1.54) is 6.42 Å². The van der Waals surface area contributed by atoms with Gasteiger partial charge in [0.1, 0.15) is 5.75 Å². The Labute approximate surface area is 161 Å². The summed E-state index contributed by atoms with van der Waals surface area (Å²) in [7, 11) is 0. The fourth-order valence-electron chi connectivity index (χ4n) is 3.25. The smallest absolute Gasteiger partial charge is 0.317 e. The highest BCUT2D eigenvalue weighted by Gasteiger charge is 2.22. The van der Waals surface area contributed by atoms with Gasteiger partial charge in [-0.25, -0.2) is 4.79 Å². The van der Waals surface area contributed by atoms with Crippen LogP contribution in [0.25, 0.3) is 0 Å². The average Bonchev–Trinajstić information content (AvgIpc) is 2.72. The Hall–Kier alpha value is -2.69. The van der Waals surface area contributed by atoms with Gasteiger partial charge in [-0.3, -0.25) is 0 Å². The molecule has 0 atom stereocenters. The summed E-state index contributed by atoms with van der Waals surface area (Å²) in [5.74, 6) is 1.68. The molecule has 1 aliphatic heterocycles. The minimum Gasteiger partial charge on any atom is -0.455 e. The first kappa shape index (κ1) is 19.1. The van der Waals surface area contributed by atoms with Crippen LogP contribution in [-0.2, 0) is 0 Å². The van der Waals surface area contributed by atoms with E-state index in [-0.39, 0.29) is 6.03 Å². The number of benzene rings is 2. The van der Waals surface area contributed by atoms with Crippen molar-refractivity contribution in [3.8, 4) is 11.5 Å². The SMILES string of the molecule is CCCCCNC(=O)N1CCN(c2ccccc2Oc2ccccc2)CC1. The number of piperazine rings is 1. The number of nitrogens with zero attached hydrogens (tertiary/aromatic N) is 2. The maximum Gasteiger partial charge on any atom is 0.317 e. The molecule has 0 unspecified atom stereocenters. The van der Waals surface area contributed by atoms with Crippen molar-refractivity contribution in [1.29, 1.82) is 0 Å². The van der Waals surface area contributed by atoms with Gasteiger partial charge in [-0.1, -0.05) is 50.1 Å². The Morgan fingerprint density at radius 1 is 0.963 bits per heavy atom. The molecule has 1 N–H and O–H groups in total. The van der Waals surface area contributed by atoms with Gasteiger partial charge < -0.3 is 19.9 Å². The Kier molecular flexibility index (Phi) is 6.97. The molecule has 144 valence electrons. The van der Waals surface area contributed by atoms with Gasteiger partial charge in [-0.05, 0) is 30.7 Å². The number of urea groups is 1. The highest BCUT2D eigenvalue weighted by molar-refractivity contribution is 5.74. The predicted molar refractivity (Wildman–Crippen MR) is 110 cm³/mol. The summed E-state index contributed by atoms with van der Waals surface area (Å²) in [5, 5.41) is 3.03. The zero-order chi connectivity index (χ0) is 18.9. The summed E-state index contributed by atoms with van der Waals surface area (Å²) in [6, 6.07) is 18.0. The summed E-state index contributed by atoms with van der Waals surface area (Å²) in [6.07, 6.45) is 3.37. The monoisotopic (exact) mass is 367 g/mol. The van der Waals surface area contributed by atoms with Crippen LogP contribution in [0.4, 0.5) is 10.5 Å². The van der Waals surface area contributed by atoms with Crippen LogP contribution in [-0.4, -0.2) is 43.7 Å². The highest BCUT2D eigenvalue weighted by atomic mass is 16.5. The molecule has 0 bridgehead atoms. The molecule has 1 heterocycles. The van der Waals surface area contributed by atoms with E-state index < -0.39 is 0 Å². The standard InChI is InChI=1S/C22H29N3O2/c1-2-3-9-14-23-22(26)25-17-15-24(16-18-25)20-12-7-8-13-21(20)27-19-10-5-4-6-11-19/h4-8,10-13H,2-3,9,14-18H2,1H3,(H,23,26). The average molecular weight is 367 g/mol. The first-order valence-corrected chi connectivity index (χ1v) is 9.87. The van der Waals surface area contributed by atoms with Gasteiger partial charge in [0.25, 0.3) is 0 Å². The lowest BCUT2D eigenvalue weighted by Crippen LogP contribution is -2.52. The van der Waals surface area contributed by atoms with Crippen LogP contribution in [0.15, 0.2) is 54.6 Å². The fraction of sp³-hybridized carbons (Fsp3) is 0.409. The third-order valence-corrected chi connectivity index (χ3v) is 4.80. The van der Waals surface area contributed by atoms with Gasteiger partial charge >= 0.3 is 6.03 Å². The second kappa shape index (κ2) is 9.86. The Morgan fingerprint density at radius 2 is 1.67 bits per heavy atom. The van der Waals surface area contributed by atoms with E-state index in [1.807, 2.05) is 53.4 Å². The lowest BCUT2D eigenvalue weighted by atomic mass is 10.2. The van der Waals surface area contributed by atoms with Gasteiger partial charge in [-0.15, -0.1) is 0 Å². The molecular formula is C22H29N3O2. The molecule has 0 aliphatic carbocycles. The van der Waals surface area contributed by atoms with Gasteiger partial charge in [0, 0.05) is 32.7 Å². The Bertz CT molecular complexity index is 713. The van der Waals surface area contributed by atoms with Gasteiger partial charge in [0.05, 0.1) is 5.69 Å². The zero-order valence-corrected chi connectivity index (χ0v) is 16.1. The number of rotatable bonds is 7. The molecule has 0 spiro atoms. The molecule has 2 amide bonds. The number of anilines is 1. The summed E-state index contributed by atoms with van der Waals surface area (Å²) >= 11 is 0. The lowest BCUT2D eigenvalue weighted by Gasteiger charge is -2.36. The van der Waals surface area contributed by atoms with Crippen LogP contribution in [0.3, 0.4) is 0 Å².